The molecular formula is C31H38N4O4S. The number of ether oxygens (including phenoxy) is 2. The minimum atomic E-state index is -0.331. The van der Waals surface area contributed by atoms with Crippen LogP contribution in [0.2, 0.25) is 0 Å². The summed E-state index contributed by atoms with van der Waals surface area (Å²) in [4.78, 5) is 31.0. The summed E-state index contributed by atoms with van der Waals surface area (Å²) in [6, 6.07) is 14.2. The van der Waals surface area contributed by atoms with Gasteiger partial charge in [0.2, 0.25) is 11.8 Å². The second-order valence-electron chi connectivity index (χ2n) is 11.4. The number of fused-ring (bicyclic) bond motifs is 1. The number of methoxy groups -OCH3 is 1. The molecule has 40 heavy (non-hydrogen) atoms. The van der Waals surface area contributed by atoms with Crippen LogP contribution in [0.1, 0.15) is 54.0 Å². The van der Waals surface area contributed by atoms with E-state index in [4.69, 9.17) is 14.6 Å². The molecule has 2 amide bonds. The lowest BCUT2D eigenvalue weighted by atomic mass is 9.87. The van der Waals surface area contributed by atoms with Gasteiger partial charge in [-0.05, 0) is 31.5 Å². The predicted molar refractivity (Wildman–Crippen MR) is 159 cm³/mol. The Labute approximate surface area is 240 Å². The summed E-state index contributed by atoms with van der Waals surface area (Å²) in [5, 5.41) is 5.01. The van der Waals surface area contributed by atoms with Gasteiger partial charge in [0.1, 0.15) is 18.1 Å². The van der Waals surface area contributed by atoms with E-state index in [0.717, 1.165) is 39.4 Å². The quantitative estimate of drug-likeness (QED) is 0.444. The Bertz CT molecular complexity index is 1420. The highest BCUT2D eigenvalue weighted by molar-refractivity contribution is 8.00. The molecule has 1 unspecified atom stereocenters. The zero-order valence-corrected chi connectivity index (χ0v) is 25.0. The SMILES string of the molecule is COc1ccccc1C1SCC(=O)N(CC(=O)N2CCOCC2)c2c1c(C(C)(C)C)nn2-c1ccc(C)cc1C. The van der Waals surface area contributed by atoms with Crippen LogP contribution in [0.4, 0.5) is 5.82 Å². The second kappa shape index (κ2) is 11.3. The number of nitrogens with zero attached hydrogens (tertiary/aromatic N) is 4. The molecule has 1 aromatic heterocycles. The summed E-state index contributed by atoms with van der Waals surface area (Å²) in [5.74, 6) is 1.44. The van der Waals surface area contributed by atoms with Crippen molar-refractivity contribution in [2.75, 3.05) is 50.6 Å². The number of hydrogen-bond donors (Lipinski definition) is 0. The van der Waals surface area contributed by atoms with Gasteiger partial charge in [-0.3, -0.25) is 14.5 Å². The molecular weight excluding hydrogens is 524 g/mol. The first-order chi connectivity index (χ1) is 19.1. The Hall–Kier alpha value is -3.30. The predicted octanol–water partition coefficient (Wildman–Crippen LogP) is 4.82. The summed E-state index contributed by atoms with van der Waals surface area (Å²) in [5.41, 5.74) is 5.57. The average Bonchev–Trinajstić information content (AvgIpc) is 3.26. The number of carbonyl (C=O) groups is 2. The zero-order valence-electron chi connectivity index (χ0n) is 24.2. The van der Waals surface area contributed by atoms with Crippen LogP contribution in [0.25, 0.3) is 5.69 Å². The van der Waals surface area contributed by atoms with Gasteiger partial charge in [-0.25, -0.2) is 4.68 Å². The topological polar surface area (TPSA) is 76.9 Å². The van der Waals surface area contributed by atoms with Crippen molar-refractivity contribution < 1.29 is 19.1 Å². The van der Waals surface area contributed by atoms with Crippen LogP contribution in [-0.4, -0.2) is 72.2 Å². The minimum absolute atomic E-state index is 0.0504. The Morgan fingerprint density at radius 3 is 2.52 bits per heavy atom. The molecule has 1 atom stereocenters. The maximum absolute atomic E-state index is 13.9. The maximum Gasteiger partial charge on any atom is 0.242 e. The van der Waals surface area contributed by atoms with Crippen molar-refractivity contribution in [1.82, 2.24) is 14.7 Å². The lowest BCUT2D eigenvalue weighted by molar-refractivity contribution is -0.134. The summed E-state index contributed by atoms with van der Waals surface area (Å²) in [6.07, 6.45) is 0. The fourth-order valence-corrected chi connectivity index (χ4v) is 6.68. The van der Waals surface area contributed by atoms with Crippen LogP contribution in [0.3, 0.4) is 0 Å². The van der Waals surface area contributed by atoms with Gasteiger partial charge in [0.05, 0.1) is 42.7 Å². The number of amides is 2. The molecule has 212 valence electrons. The van der Waals surface area contributed by atoms with Crippen molar-refractivity contribution in [2.24, 2.45) is 0 Å². The zero-order chi connectivity index (χ0) is 28.6. The smallest absolute Gasteiger partial charge is 0.242 e. The van der Waals surface area contributed by atoms with E-state index in [9.17, 15) is 9.59 Å². The summed E-state index contributed by atoms with van der Waals surface area (Å²) >= 11 is 1.56. The van der Waals surface area contributed by atoms with Crippen LogP contribution in [0.15, 0.2) is 42.5 Å². The molecule has 2 aromatic carbocycles. The number of para-hydroxylation sites is 1. The van der Waals surface area contributed by atoms with Crippen molar-refractivity contribution in [3.8, 4) is 11.4 Å². The van der Waals surface area contributed by atoms with Crippen molar-refractivity contribution in [3.05, 3.63) is 70.4 Å². The molecule has 1 fully saturated rings. The lowest BCUT2D eigenvalue weighted by Crippen LogP contribution is -2.48. The number of anilines is 1. The second-order valence-corrected chi connectivity index (χ2v) is 12.5. The van der Waals surface area contributed by atoms with E-state index in [1.165, 1.54) is 0 Å². The van der Waals surface area contributed by atoms with E-state index in [0.29, 0.717) is 32.1 Å². The maximum atomic E-state index is 13.9. The van der Waals surface area contributed by atoms with E-state index >= 15 is 0 Å². The molecule has 0 radical (unpaired) electrons. The molecule has 2 aliphatic rings. The van der Waals surface area contributed by atoms with E-state index in [2.05, 4.69) is 52.8 Å². The Kier molecular flexibility index (Phi) is 7.97. The number of benzene rings is 2. The van der Waals surface area contributed by atoms with Crippen LogP contribution in [-0.2, 0) is 19.7 Å². The molecule has 5 rings (SSSR count). The van der Waals surface area contributed by atoms with Gasteiger partial charge in [-0.15, -0.1) is 11.8 Å². The fraction of sp³-hybridized carbons (Fsp3) is 0.452. The Morgan fingerprint density at radius 1 is 1.12 bits per heavy atom. The summed E-state index contributed by atoms with van der Waals surface area (Å²) < 4.78 is 13.1. The monoisotopic (exact) mass is 562 g/mol. The Balaban J connectivity index is 1.77. The highest BCUT2D eigenvalue weighted by Crippen LogP contribution is 2.50. The van der Waals surface area contributed by atoms with Gasteiger partial charge in [-0.2, -0.15) is 5.10 Å². The molecule has 8 nitrogen and oxygen atoms in total. The van der Waals surface area contributed by atoms with Crippen LogP contribution in [0.5, 0.6) is 5.75 Å². The van der Waals surface area contributed by atoms with Gasteiger partial charge in [0, 0.05) is 29.6 Å². The number of rotatable bonds is 5. The molecule has 2 aliphatic heterocycles. The van der Waals surface area contributed by atoms with E-state index < -0.39 is 0 Å². The molecule has 0 spiro atoms. The molecule has 0 saturated carbocycles. The largest absolute Gasteiger partial charge is 0.496 e. The van der Waals surface area contributed by atoms with Gasteiger partial charge >= 0.3 is 0 Å². The van der Waals surface area contributed by atoms with Gasteiger partial charge in [0.15, 0.2) is 0 Å². The first-order valence-electron chi connectivity index (χ1n) is 13.7. The first kappa shape index (κ1) is 28.2. The molecule has 0 N–H and O–H groups in total. The number of thioether (sulfide) groups is 1. The third kappa shape index (κ3) is 5.37. The highest BCUT2D eigenvalue weighted by Gasteiger charge is 2.41. The molecule has 3 heterocycles. The standard InChI is InChI=1S/C31H38N4O4S/c1-20-11-12-23(21(2)17-20)35-30-27(29(32-35)31(3,4)5)28(22-9-7-8-10-24(22)38-6)40-19-26(37)34(30)18-25(36)33-13-15-39-16-14-33/h7-12,17,28H,13-16,18-19H2,1-6H3. The highest BCUT2D eigenvalue weighted by atomic mass is 32.2. The number of carbonyl (C=O) groups excluding carboxylic acids is 2. The molecule has 1 saturated heterocycles. The average molecular weight is 563 g/mol. The van der Waals surface area contributed by atoms with Crippen LogP contribution in [0, 0.1) is 13.8 Å². The van der Waals surface area contributed by atoms with Crippen molar-refractivity contribution in [2.45, 2.75) is 45.3 Å². The molecule has 0 aliphatic carbocycles. The van der Waals surface area contributed by atoms with Crippen LogP contribution < -0.4 is 9.64 Å². The normalized spacial score (nSPS) is 17.9. The summed E-state index contributed by atoms with van der Waals surface area (Å²) in [7, 11) is 1.67. The van der Waals surface area contributed by atoms with Gasteiger partial charge in [-0.1, -0.05) is 56.7 Å². The third-order valence-corrected chi connectivity index (χ3v) is 8.70. The van der Waals surface area contributed by atoms with E-state index in [1.54, 1.807) is 28.7 Å². The van der Waals surface area contributed by atoms with Crippen molar-refractivity contribution >= 4 is 29.4 Å². The van der Waals surface area contributed by atoms with Crippen LogP contribution >= 0.6 is 11.8 Å². The van der Waals surface area contributed by atoms with Crippen molar-refractivity contribution in [3.63, 3.8) is 0 Å². The third-order valence-electron chi connectivity index (χ3n) is 7.46. The first-order valence-corrected chi connectivity index (χ1v) is 14.8. The number of aromatic nitrogens is 2. The number of aryl methyl sites for hydroxylation is 2. The number of hydrogen-bond acceptors (Lipinski definition) is 6. The van der Waals surface area contributed by atoms with Gasteiger partial charge < -0.3 is 14.4 Å². The Morgan fingerprint density at radius 2 is 1.85 bits per heavy atom. The molecule has 0 bridgehead atoms. The van der Waals surface area contributed by atoms with E-state index in [1.807, 2.05) is 28.9 Å². The van der Waals surface area contributed by atoms with Crippen molar-refractivity contribution in [1.29, 1.82) is 0 Å². The van der Waals surface area contributed by atoms with Gasteiger partial charge in [0.25, 0.3) is 0 Å². The fourth-order valence-electron chi connectivity index (χ4n) is 5.46. The molecule has 3 aromatic rings. The summed E-state index contributed by atoms with van der Waals surface area (Å²) in [6.45, 7) is 12.5. The van der Waals surface area contributed by atoms with E-state index in [-0.39, 0.29) is 34.8 Å². The minimum Gasteiger partial charge on any atom is -0.496 e. The molecule has 9 heteroatoms. The lowest BCUT2D eigenvalue weighted by Gasteiger charge is -2.30. The number of morpholine rings is 1.